The number of nitrogens with one attached hydrogen (secondary N) is 1. The summed E-state index contributed by atoms with van der Waals surface area (Å²) in [6.45, 7) is 2.28. The molecule has 1 unspecified atom stereocenters. The molecular formula is C24H23ClN2O5S. The van der Waals surface area contributed by atoms with E-state index in [-0.39, 0.29) is 15.5 Å². The van der Waals surface area contributed by atoms with Crippen LogP contribution in [0.2, 0.25) is 5.02 Å². The van der Waals surface area contributed by atoms with Gasteiger partial charge in [0.25, 0.3) is 5.91 Å². The fourth-order valence-electron chi connectivity index (χ4n) is 3.69. The number of ether oxygens (including phenoxy) is 1. The lowest BCUT2D eigenvalue weighted by molar-refractivity contribution is -0.123. The van der Waals surface area contributed by atoms with Gasteiger partial charge in [-0.15, -0.1) is 0 Å². The second kappa shape index (κ2) is 9.51. The molecule has 1 N–H and O–H groups in total. The number of esters is 1. The predicted octanol–water partition coefficient (Wildman–Crippen LogP) is 4.46. The van der Waals surface area contributed by atoms with Crippen molar-refractivity contribution in [3.05, 3.63) is 71.2 Å². The normalized spacial score (nSPS) is 15.3. The van der Waals surface area contributed by atoms with Crippen LogP contribution >= 0.6 is 11.6 Å². The van der Waals surface area contributed by atoms with Crippen molar-refractivity contribution in [2.75, 3.05) is 18.4 Å². The van der Waals surface area contributed by atoms with Crippen molar-refractivity contribution < 1.29 is 22.7 Å². The van der Waals surface area contributed by atoms with Gasteiger partial charge >= 0.3 is 5.97 Å². The number of halogens is 1. The maximum Gasteiger partial charge on any atom is 0.338 e. The average molecular weight is 487 g/mol. The summed E-state index contributed by atoms with van der Waals surface area (Å²) in [5.74, 6) is -1.32. The first-order valence-electron chi connectivity index (χ1n) is 10.6. The Balaban J connectivity index is 1.46. The van der Waals surface area contributed by atoms with Gasteiger partial charge in [-0.1, -0.05) is 41.9 Å². The third kappa shape index (κ3) is 5.03. The van der Waals surface area contributed by atoms with E-state index in [2.05, 4.69) is 5.32 Å². The lowest BCUT2D eigenvalue weighted by Crippen LogP contribution is -2.30. The number of anilines is 1. The molecule has 7 nitrogen and oxygen atoms in total. The molecule has 0 saturated carbocycles. The van der Waals surface area contributed by atoms with Crippen LogP contribution in [0.4, 0.5) is 5.69 Å². The number of carbonyl (C=O) groups is 2. The van der Waals surface area contributed by atoms with Crippen molar-refractivity contribution in [2.24, 2.45) is 0 Å². The molecule has 1 heterocycles. The van der Waals surface area contributed by atoms with E-state index in [0.717, 1.165) is 23.6 Å². The summed E-state index contributed by atoms with van der Waals surface area (Å²) in [6, 6.07) is 17.1. The third-order valence-electron chi connectivity index (χ3n) is 5.52. The number of rotatable bonds is 6. The molecule has 0 radical (unpaired) electrons. The van der Waals surface area contributed by atoms with Gasteiger partial charge in [-0.05, 0) is 60.9 Å². The maximum absolute atomic E-state index is 12.9. The summed E-state index contributed by atoms with van der Waals surface area (Å²) in [5.41, 5.74) is 0.578. The third-order valence-corrected chi connectivity index (χ3v) is 7.90. The van der Waals surface area contributed by atoms with Gasteiger partial charge in [0.05, 0.1) is 10.6 Å². The molecule has 33 heavy (non-hydrogen) atoms. The minimum Gasteiger partial charge on any atom is -0.449 e. The van der Waals surface area contributed by atoms with Crippen LogP contribution in [0.15, 0.2) is 65.6 Å². The van der Waals surface area contributed by atoms with E-state index < -0.39 is 28.0 Å². The average Bonchev–Trinajstić information content (AvgIpc) is 3.35. The van der Waals surface area contributed by atoms with Crippen LogP contribution in [0.3, 0.4) is 0 Å². The van der Waals surface area contributed by atoms with Crippen LogP contribution in [-0.2, 0) is 19.6 Å². The molecular weight excluding hydrogens is 464 g/mol. The van der Waals surface area contributed by atoms with Crippen molar-refractivity contribution >= 4 is 50.0 Å². The number of carbonyl (C=O) groups excluding carboxylic acids is 2. The van der Waals surface area contributed by atoms with E-state index in [0.29, 0.717) is 18.8 Å². The number of hydrogen-bond acceptors (Lipinski definition) is 5. The van der Waals surface area contributed by atoms with Crippen LogP contribution in [0.1, 0.15) is 30.1 Å². The second-order valence-corrected chi connectivity index (χ2v) is 10.2. The monoisotopic (exact) mass is 486 g/mol. The highest BCUT2D eigenvalue weighted by Crippen LogP contribution is 2.28. The van der Waals surface area contributed by atoms with Crippen LogP contribution in [0, 0.1) is 0 Å². The minimum atomic E-state index is -3.81. The van der Waals surface area contributed by atoms with E-state index in [1.807, 2.05) is 36.4 Å². The Morgan fingerprint density at radius 3 is 2.42 bits per heavy atom. The summed E-state index contributed by atoms with van der Waals surface area (Å²) in [4.78, 5) is 25.1. The van der Waals surface area contributed by atoms with Gasteiger partial charge in [-0.25, -0.2) is 13.2 Å². The molecule has 0 spiro atoms. The maximum atomic E-state index is 12.9. The topological polar surface area (TPSA) is 92.8 Å². The fourth-order valence-corrected chi connectivity index (χ4v) is 5.71. The van der Waals surface area contributed by atoms with Gasteiger partial charge in [-0.2, -0.15) is 4.31 Å². The molecule has 1 aliphatic rings. The van der Waals surface area contributed by atoms with Crippen LogP contribution < -0.4 is 5.32 Å². The Labute approximate surface area is 197 Å². The number of amides is 1. The molecule has 0 aliphatic carbocycles. The predicted molar refractivity (Wildman–Crippen MR) is 127 cm³/mol. The smallest absolute Gasteiger partial charge is 0.338 e. The molecule has 9 heteroatoms. The Morgan fingerprint density at radius 1 is 1.00 bits per heavy atom. The SMILES string of the molecule is CC(OC(=O)c1ccc(Cl)c(S(=O)(=O)N2CCCC2)c1)C(=O)Nc1ccc2ccccc2c1. The van der Waals surface area contributed by atoms with Gasteiger partial charge in [0, 0.05) is 18.8 Å². The van der Waals surface area contributed by atoms with Crippen molar-refractivity contribution in [2.45, 2.75) is 30.8 Å². The van der Waals surface area contributed by atoms with Gasteiger partial charge in [0.1, 0.15) is 4.90 Å². The fraction of sp³-hybridized carbons (Fsp3) is 0.250. The first-order chi connectivity index (χ1) is 15.8. The van der Waals surface area contributed by atoms with Crippen LogP contribution in [-0.4, -0.2) is 43.8 Å². The molecule has 1 atom stereocenters. The number of nitrogens with zero attached hydrogens (tertiary/aromatic N) is 1. The van der Waals surface area contributed by atoms with E-state index in [1.165, 1.54) is 29.4 Å². The summed E-state index contributed by atoms with van der Waals surface area (Å²) >= 11 is 6.13. The Kier molecular flexibility index (Phi) is 6.69. The standard InChI is InChI=1S/C24H23ClN2O5S/c1-16(23(28)26-20-10-8-17-6-2-3-7-18(17)14-20)32-24(29)19-9-11-21(25)22(15-19)33(30,31)27-12-4-5-13-27/h2-3,6-11,14-16H,4-5,12-13H2,1H3,(H,26,28). The van der Waals surface area contributed by atoms with E-state index in [9.17, 15) is 18.0 Å². The molecule has 1 amide bonds. The zero-order valence-electron chi connectivity index (χ0n) is 18.0. The van der Waals surface area contributed by atoms with Gasteiger partial charge in [0.15, 0.2) is 6.10 Å². The highest BCUT2D eigenvalue weighted by molar-refractivity contribution is 7.89. The van der Waals surface area contributed by atoms with E-state index in [1.54, 1.807) is 6.07 Å². The number of fused-ring (bicyclic) bond motifs is 1. The van der Waals surface area contributed by atoms with Crippen molar-refractivity contribution in [1.29, 1.82) is 0 Å². The Morgan fingerprint density at radius 2 is 1.70 bits per heavy atom. The number of hydrogen-bond donors (Lipinski definition) is 1. The van der Waals surface area contributed by atoms with Crippen molar-refractivity contribution in [3.8, 4) is 0 Å². The second-order valence-electron chi connectivity index (χ2n) is 7.86. The molecule has 0 aromatic heterocycles. The van der Waals surface area contributed by atoms with Gasteiger partial charge in [0.2, 0.25) is 10.0 Å². The molecule has 172 valence electrons. The highest BCUT2D eigenvalue weighted by Gasteiger charge is 2.30. The Bertz CT molecular complexity index is 1320. The summed E-state index contributed by atoms with van der Waals surface area (Å²) in [6.07, 6.45) is 0.462. The lowest BCUT2D eigenvalue weighted by atomic mass is 10.1. The largest absolute Gasteiger partial charge is 0.449 e. The lowest BCUT2D eigenvalue weighted by Gasteiger charge is -2.17. The Hall–Kier alpha value is -2.94. The zero-order chi connectivity index (χ0) is 23.6. The van der Waals surface area contributed by atoms with Crippen molar-refractivity contribution in [1.82, 2.24) is 4.31 Å². The van der Waals surface area contributed by atoms with Crippen LogP contribution in [0.5, 0.6) is 0 Å². The first kappa shape index (κ1) is 23.2. The van der Waals surface area contributed by atoms with Gasteiger partial charge < -0.3 is 10.1 Å². The zero-order valence-corrected chi connectivity index (χ0v) is 19.5. The molecule has 1 fully saturated rings. The number of sulfonamides is 1. The van der Waals surface area contributed by atoms with Gasteiger partial charge in [-0.3, -0.25) is 4.79 Å². The van der Waals surface area contributed by atoms with Crippen LogP contribution in [0.25, 0.3) is 10.8 Å². The van der Waals surface area contributed by atoms with E-state index >= 15 is 0 Å². The molecule has 1 aliphatic heterocycles. The molecule has 3 aromatic carbocycles. The number of benzene rings is 3. The highest BCUT2D eigenvalue weighted by atomic mass is 35.5. The molecule has 3 aromatic rings. The summed E-state index contributed by atoms with van der Waals surface area (Å²) < 4.78 is 32.4. The quantitative estimate of drug-likeness (QED) is 0.519. The summed E-state index contributed by atoms with van der Waals surface area (Å²) in [5, 5.41) is 4.77. The first-order valence-corrected chi connectivity index (χ1v) is 12.4. The van der Waals surface area contributed by atoms with E-state index in [4.69, 9.17) is 16.3 Å². The molecule has 4 rings (SSSR count). The molecule has 1 saturated heterocycles. The molecule has 0 bridgehead atoms. The van der Waals surface area contributed by atoms with Crippen molar-refractivity contribution in [3.63, 3.8) is 0 Å². The minimum absolute atomic E-state index is 0.00234. The summed E-state index contributed by atoms with van der Waals surface area (Å²) in [7, 11) is -3.81.